The van der Waals surface area contributed by atoms with E-state index in [4.69, 9.17) is 19.9 Å². The standard InChI is InChI=1S/C21H26BrN5O.C19H22BrN5O.C18H20BrN5O.C18H20BrN5.C16H12BrN5OS/c1-21(2,28)16-8-4-3-7-15(16)18-10-19(24-12-14-6-5-9-23-11-14)27-20(26-18)17(22)13-25-27;20-16-11-23-25-18(22-10-13-4-3-7-21-9-13)8-17(24-19(16)25)15-6-2-1-5-14(15)12-26;19-15-11-21-24-17(20-10-13-5-4-8-23(25)12-13)9-16(22-18(15)24)14-6-2-1-3-7-14;19-15-12-22-24-17(21-11-13-5-4-8-20-10-13)9-16(23-18(15)24)14-6-2-1-3-7-14;17-12-9-19-22-15(18-8-11-3-1-5-21(23)10-11)7-13(20-16(12)22)14-4-2-6-24-14/h5-6,9-11,13,15-16,24,28H,3-4,7-8,12H2,1-2H3;3-4,7-9,11,14-15,22,26H,1-2,5-6,10,12H2;4-5,8-9,11-12,14,20H,1-3,6-7,10H2;4-5,8-10,12,14,21H,1-3,6-7,11H2;1-7,9-10,18H,8H2/t15?,16-;14-,15?;;;/m01.../s1. The minimum absolute atomic E-state index is 0.198. The molecular formula is C92H100Br5N25O4S. The van der Waals surface area contributed by atoms with Crippen molar-refractivity contribution in [2.24, 2.45) is 11.8 Å². The molecule has 29 nitrogen and oxygen atoms in total. The summed E-state index contributed by atoms with van der Waals surface area (Å²) in [6, 6.07) is 33.8. The van der Waals surface area contributed by atoms with Gasteiger partial charge in [-0.15, -0.1) is 11.3 Å². The highest BCUT2D eigenvalue weighted by Crippen LogP contribution is 2.45. The van der Waals surface area contributed by atoms with Gasteiger partial charge in [0.15, 0.2) is 53.0 Å². The summed E-state index contributed by atoms with van der Waals surface area (Å²) in [6.45, 7) is 7.18. The Morgan fingerprint density at radius 1 is 0.402 bits per heavy atom. The highest BCUT2D eigenvalue weighted by atomic mass is 79.9. The van der Waals surface area contributed by atoms with Crippen LogP contribution in [0, 0.1) is 22.3 Å². The smallest absolute Gasteiger partial charge is 0.185 e. The zero-order valence-electron chi connectivity index (χ0n) is 70.4. The molecule has 2 unspecified atom stereocenters. The lowest BCUT2D eigenvalue weighted by Gasteiger charge is -2.39. The van der Waals surface area contributed by atoms with Crippen LogP contribution in [0.1, 0.15) is 204 Å². The van der Waals surface area contributed by atoms with Crippen LogP contribution in [0.5, 0.6) is 0 Å². The van der Waals surface area contributed by atoms with Gasteiger partial charge in [0.25, 0.3) is 0 Å². The van der Waals surface area contributed by atoms with Gasteiger partial charge in [-0.25, -0.2) is 24.9 Å². The maximum atomic E-state index is 11.4. The molecule has 35 heteroatoms. The Morgan fingerprint density at radius 2 is 0.748 bits per heavy atom. The SMILES string of the molecule is Brc1cnn2c(NCc3cccnc3)cc(C3CCCCC3)nc12.CC(C)(O)[C@H]1CCCCC1c1cc(NCc2cccnc2)n2ncc(Br)c2n1.OC[C@H]1CCCCC1c1cc(NCc2cccnc2)n2ncc(Br)c2n1.[O-][n+]1cccc(CNc2cc(-c3cccs3)nc3c(Br)cnn23)c1.[O-][n+]1cccc(CNc2cc(C3CCCCC3)nc3c(Br)cnn23)c1. The fourth-order valence-corrected chi connectivity index (χ4v) is 19.8. The van der Waals surface area contributed by atoms with E-state index in [2.05, 4.69) is 182 Å². The molecule has 0 radical (unpaired) electrons. The maximum absolute atomic E-state index is 11.4. The quantitative estimate of drug-likeness (QED) is 0.0245. The molecule has 0 aliphatic heterocycles. The summed E-state index contributed by atoms with van der Waals surface area (Å²) in [4.78, 5) is 37.8. The van der Waals surface area contributed by atoms with Gasteiger partial charge in [-0.3, -0.25) is 15.0 Å². The van der Waals surface area contributed by atoms with Crippen LogP contribution in [0.3, 0.4) is 0 Å². The number of hydrogen-bond acceptors (Lipinski definition) is 23. The fraction of sp³-hybridized carbons (Fsp3) is 0.359. The number of pyridine rings is 5. The van der Waals surface area contributed by atoms with Gasteiger partial charge in [-0.2, -0.15) is 57.5 Å². The van der Waals surface area contributed by atoms with Gasteiger partial charge in [-0.05, 0) is 215 Å². The van der Waals surface area contributed by atoms with Gasteiger partial charge >= 0.3 is 0 Å². The molecule has 4 aliphatic rings. The molecule has 0 amide bonds. The first-order chi connectivity index (χ1) is 61.9. The predicted molar refractivity (Wildman–Crippen MR) is 511 cm³/mol. The van der Waals surface area contributed by atoms with Crippen molar-refractivity contribution < 1.29 is 19.7 Å². The molecule has 16 heterocycles. The molecule has 658 valence electrons. The molecule has 0 bridgehead atoms. The molecule has 4 saturated carbocycles. The minimum Gasteiger partial charge on any atom is -0.619 e. The number of nitrogens with one attached hydrogen (secondary N) is 5. The van der Waals surface area contributed by atoms with Gasteiger partial charge in [0.2, 0.25) is 0 Å². The second-order valence-corrected chi connectivity index (χ2v) is 38.3. The summed E-state index contributed by atoms with van der Waals surface area (Å²) < 4.78 is 15.1. The summed E-state index contributed by atoms with van der Waals surface area (Å²) in [5.74, 6) is 6.58. The van der Waals surface area contributed by atoms with Crippen molar-refractivity contribution in [2.75, 3.05) is 33.2 Å². The lowest BCUT2D eigenvalue weighted by atomic mass is 9.70. The second kappa shape index (κ2) is 42.6. The molecule has 127 heavy (non-hydrogen) atoms. The van der Waals surface area contributed by atoms with Crippen LogP contribution in [0.4, 0.5) is 29.1 Å². The van der Waals surface area contributed by atoms with E-state index >= 15 is 0 Å². The fourth-order valence-electron chi connectivity index (χ4n) is 17.4. The third-order valence-corrected chi connectivity index (χ3v) is 27.5. The molecule has 0 saturated heterocycles. The van der Waals surface area contributed by atoms with Crippen LogP contribution >= 0.6 is 91.0 Å². The van der Waals surface area contributed by atoms with Crippen molar-refractivity contribution in [1.82, 2.24) is 87.9 Å². The van der Waals surface area contributed by atoms with Crippen molar-refractivity contribution >= 4 is 148 Å². The lowest BCUT2D eigenvalue weighted by molar-refractivity contribution is -0.606. The number of thiophene rings is 1. The zero-order valence-corrected chi connectivity index (χ0v) is 79.2. The number of aromatic nitrogens is 20. The van der Waals surface area contributed by atoms with Crippen molar-refractivity contribution in [2.45, 2.75) is 191 Å². The van der Waals surface area contributed by atoms with Gasteiger partial charge in [0.05, 0.1) is 80.9 Å². The number of hydrogen-bond donors (Lipinski definition) is 7. The topological polar surface area (TPSA) is 344 Å². The first-order valence-electron chi connectivity index (χ1n) is 43.2. The average molecular weight is 2050 g/mol. The Balaban J connectivity index is 0.000000117. The largest absolute Gasteiger partial charge is 0.619 e. The van der Waals surface area contributed by atoms with Crippen molar-refractivity contribution in [1.29, 1.82) is 0 Å². The molecule has 4 atom stereocenters. The Labute approximate surface area is 781 Å². The zero-order chi connectivity index (χ0) is 87.8. The highest BCUT2D eigenvalue weighted by Gasteiger charge is 2.38. The van der Waals surface area contributed by atoms with E-state index in [-0.39, 0.29) is 24.4 Å². The molecular weight excluding hydrogens is 1950 g/mol. The van der Waals surface area contributed by atoms with Crippen molar-refractivity contribution in [3.05, 3.63) is 285 Å². The van der Waals surface area contributed by atoms with Gasteiger partial charge < -0.3 is 47.2 Å². The van der Waals surface area contributed by atoms with E-state index in [0.29, 0.717) is 50.5 Å². The van der Waals surface area contributed by atoms with E-state index in [1.807, 2.05) is 123 Å². The van der Waals surface area contributed by atoms with Crippen LogP contribution < -0.4 is 36.0 Å². The number of anilines is 5. The van der Waals surface area contributed by atoms with Crippen molar-refractivity contribution in [3.8, 4) is 10.6 Å². The summed E-state index contributed by atoms with van der Waals surface area (Å²) in [5, 5.41) is 84.7. The number of rotatable bonds is 22. The van der Waals surface area contributed by atoms with Crippen LogP contribution in [0.2, 0.25) is 0 Å². The molecule has 20 rings (SSSR count). The molecule has 7 N–H and O–H groups in total. The second-order valence-electron chi connectivity index (χ2n) is 33.1. The number of fused-ring (bicyclic) bond motifs is 5. The van der Waals surface area contributed by atoms with E-state index in [0.717, 1.165) is 177 Å². The average Bonchev–Trinajstić information content (AvgIpc) is 1.75. The van der Waals surface area contributed by atoms with E-state index in [1.54, 1.807) is 83.8 Å². The van der Waals surface area contributed by atoms with E-state index in [9.17, 15) is 20.6 Å². The Kier molecular flexibility index (Phi) is 30.1. The van der Waals surface area contributed by atoms with Crippen LogP contribution in [-0.4, -0.2) is 110 Å². The number of nitrogens with zero attached hydrogens (tertiary/aromatic N) is 20. The molecule has 4 fully saturated rings. The Morgan fingerprint density at radius 3 is 1.13 bits per heavy atom. The minimum atomic E-state index is -0.723. The van der Waals surface area contributed by atoms with Gasteiger partial charge in [0, 0.05) is 165 Å². The van der Waals surface area contributed by atoms with Crippen LogP contribution in [0.25, 0.3) is 38.8 Å². The number of halogens is 5. The summed E-state index contributed by atoms with van der Waals surface area (Å²) in [6.07, 6.45) is 47.4. The third-order valence-electron chi connectivity index (χ3n) is 23.8. The Hall–Kier alpha value is -10.5. The van der Waals surface area contributed by atoms with Crippen molar-refractivity contribution in [3.63, 3.8) is 0 Å². The highest BCUT2D eigenvalue weighted by molar-refractivity contribution is 9.11. The van der Waals surface area contributed by atoms with Gasteiger partial charge in [-0.1, -0.05) is 88.5 Å². The molecule has 16 aromatic heterocycles. The lowest BCUT2D eigenvalue weighted by Crippen LogP contribution is -2.37. The predicted octanol–water partition coefficient (Wildman–Crippen LogP) is 20.1. The normalized spacial score (nSPS) is 16.8. The Bertz CT molecular complexity index is 6310. The maximum Gasteiger partial charge on any atom is 0.185 e. The van der Waals surface area contributed by atoms with Crippen LogP contribution in [-0.2, 0) is 32.7 Å². The summed E-state index contributed by atoms with van der Waals surface area (Å²) in [7, 11) is 0. The van der Waals surface area contributed by atoms with Crippen LogP contribution in [0.15, 0.2) is 224 Å². The van der Waals surface area contributed by atoms with E-state index in [1.165, 1.54) is 102 Å². The third kappa shape index (κ3) is 22.6. The molecule has 0 aromatic carbocycles. The first kappa shape index (κ1) is 89.8. The number of aliphatic hydroxyl groups is 2. The van der Waals surface area contributed by atoms with Gasteiger partial charge in [0.1, 0.15) is 29.1 Å². The molecule has 16 aromatic rings. The van der Waals surface area contributed by atoms with E-state index < -0.39 is 5.60 Å². The summed E-state index contributed by atoms with van der Waals surface area (Å²) in [5.41, 5.74) is 13.8. The number of aliphatic hydroxyl groups excluding tert-OH is 1. The molecule has 0 spiro atoms. The summed E-state index contributed by atoms with van der Waals surface area (Å²) >= 11 is 19.4. The monoisotopic (exact) mass is 2050 g/mol. The molecule has 4 aliphatic carbocycles. The first-order valence-corrected chi connectivity index (χ1v) is 48.1.